The van der Waals surface area contributed by atoms with Crippen LogP contribution in [0, 0.1) is 19.8 Å². The molecule has 0 bridgehead atoms. The van der Waals surface area contributed by atoms with Gasteiger partial charge >= 0.3 is 0 Å². The number of anilines is 6. The highest BCUT2D eigenvalue weighted by Gasteiger charge is 2.22. The number of hydrogen-bond donors (Lipinski definition) is 0. The van der Waals surface area contributed by atoms with Crippen LogP contribution in [0.5, 0.6) is 0 Å². The summed E-state index contributed by atoms with van der Waals surface area (Å²) in [6.45, 7) is 8.97. The molecule has 0 aliphatic carbocycles. The summed E-state index contributed by atoms with van der Waals surface area (Å²) in [6, 6.07) is 75.2. The van der Waals surface area contributed by atoms with Crippen molar-refractivity contribution in [2.24, 2.45) is 5.92 Å². The van der Waals surface area contributed by atoms with Crippen LogP contribution in [0.4, 0.5) is 34.1 Å². The van der Waals surface area contributed by atoms with Crippen molar-refractivity contribution in [3.8, 4) is 22.3 Å². The van der Waals surface area contributed by atoms with Gasteiger partial charge in [-0.1, -0.05) is 165 Å². The first-order valence-electron chi connectivity index (χ1n) is 20.2. The third-order valence-electron chi connectivity index (χ3n) is 11.3. The zero-order chi connectivity index (χ0) is 39.1. The molecular formula is C55H50N2. The van der Waals surface area contributed by atoms with E-state index in [0.29, 0.717) is 5.92 Å². The van der Waals surface area contributed by atoms with E-state index < -0.39 is 0 Å². The highest BCUT2D eigenvalue weighted by atomic mass is 15.1. The molecule has 280 valence electrons. The summed E-state index contributed by atoms with van der Waals surface area (Å²) in [7, 11) is 0. The fourth-order valence-electron chi connectivity index (χ4n) is 7.90. The molecule has 0 saturated carbocycles. The number of rotatable bonds is 12. The monoisotopic (exact) mass is 738 g/mol. The average molecular weight is 739 g/mol. The number of aryl methyl sites for hydroxylation is 2. The van der Waals surface area contributed by atoms with Crippen molar-refractivity contribution in [2.45, 2.75) is 40.0 Å². The van der Waals surface area contributed by atoms with Gasteiger partial charge < -0.3 is 9.80 Å². The van der Waals surface area contributed by atoms with Crippen molar-refractivity contribution in [1.82, 2.24) is 0 Å². The van der Waals surface area contributed by atoms with E-state index in [9.17, 15) is 0 Å². The maximum Gasteiger partial charge on any atom is 0.0462 e. The van der Waals surface area contributed by atoms with E-state index >= 15 is 0 Å². The summed E-state index contributed by atoms with van der Waals surface area (Å²) >= 11 is 0. The minimum Gasteiger partial charge on any atom is -0.311 e. The van der Waals surface area contributed by atoms with Gasteiger partial charge in [-0.3, -0.25) is 0 Å². The van der Waals surface area contributed by atoms with Gasteiger partial charge in [-0.15, -0.1) is 0 Å². The van der Waals surface area contributed by atoms with Gasteiger partial charge in [0, 0.05) is 40.0 Å². The molecule has 8 rings (SSSR count). The van der Waals surface area contributed by atoms with Gasteiger partial charge in [0.05, 0.1) is 0 Å². The Balaban J connectivity index is 1.11. The Morgan fingerprint density at radius 3 is 0.895 bits per heavy atom. The number of benzene rings is 8. The Kier molecular flexibility index (Phi) is 11.1. The van der Waals surface area contributed by atoms with E-state index in [1.165, 1.54) is 44.5 Å². The van der Waals surface area contributed by atoms with Crippen molar-refractivity contribution >= 4 is 34.1 Å². The molecule has 0 aromatic heterocycles. The standard InChI is InChI=1S/C55H50N2/c1-5-42(4)55(47-24-36-53(37-25-47)56(49-28-16-40(2)17-29-49)51-32-20-45(21-33-51)43-12-8-6-9-13-43)48-26-38-54(39-27-48)57(50-30-18-41(3)19-31-50)52-34-22-46(23-35-52)44-14-10-7-11-15-44/h6-39,42,55H,5H2,1-4H3. The van der Waals surface area contributed by atoms with E-state index in [1.54, 1.807) is 0 Å². The molecule has 2 nitrogen and oxygen atoms in total. The first-order chi connectivity index (χ1) is 27.9. The fourth-order valence-corrected chi connectivity index (χ4v) is 7.90. The second kappa shape index (κ2) is 17.0. The number of hydrogen-bond acceptors (Lipinski definition) is 2. The van der Waals surface area contributed by atoms with Crippen LogP contribution in [0.15, 0.2) is 206 Å². The highest BCUT2D eigenvalue weighted by Crippen LogP contribution is 2.41. The molecule has 8 aromatic carbocycles. The molecule has 0 N–H and O–H groups in total. The topological polar surface area (TPSA) is 6.48 Å². The summed E-state index contributed by atoms with van der Waals surface area (Å²) in [5.41, 5.74) is 16.9. The van der Waals surface area contributed by atoms with E-state index in [2.05, 4.69) is 244 Å². The van der Waals surface area contributed by atoms with E-state index in [4.69, 9.17) is 0 Å². The van der Waals surface area contributed by atoms with Crippen LogP contribution in [-0.4, -0.2) is 0 Å². The lowest BCUT2D eigenvalue weighted by Gasteiger charge is -2.29. The molecule has 0 aliphatic heterocycles. The van der Waals surface area contributed by atoms with Crippen LogP contribution in [0.3, 0.4) is 0 Å². The Morgan fingerprint density at radius 1 is 0.333 bits per heavy atom. The lowest BCUT2D eigenvalue weighted by molar-refractivity contribution is 0.496. The van der Waals surface area contributed by atoms with Crippen molar-refractivity contribution in [1.29, 1.82) is 0 Å². The molecule has 0 heterocycles. The van der Waals surface area contributed by atoms with Crippen molar-refractivity contribution in [2.75, 3.05) is 9.80 Å². The largest absolute Gasteiger partial charge is 0.311 e. The van der Waals surface area contributed by atoms with Crippen molar-refractivity contribution < 1.29 is 0 Å². The normalized spacial score (nSPS) is 11.7. The van der Waals surface area contributed by atoms with Crippen LogP contribution in [0.25, 0.3) is 22.3 Å². The quantitative estimate of drug-likeness (QED) is 0.123. The predicted octanol–water partition coefficient (Wildman–Crippen LogP) is 15.8. The van der Waals surface area contributed by atoms with Gasteiger partial charge in [0.2, 0.25) is 0 Å². The van der Waals surface area contributed by atoms with Crippen LogP contribution >= 0.6 is 0 Å². The second-order valence-corrected chi connectivity index (χ2v) is 15.2. The molecule has 0 fully saturated rings. The molecule has 0 radical (unpaired) electrons. The van der Waals surface area contributed by atoms with Crippen molar-refractivity contribution in [3.63, 3.8) is 0 Å². The highest BCUT2D eigenvalue weighted by molar-refractivity contribution is 5.80. The maximum atomic E-state index is 2.38. The Bertz CT molecular complexity index is 2290. The molecule has 0 aliphatic rings. The summed E-state index contributed by atoms with van der Waals surface area (Å²) in [5, 5.41) is 0. The Hall–Kier alpha value is -6.64. The fraction of sp³-hybridized carbons (Fsp3) is 0.127. The summed E-state index contributed by atoms with van der Waals surface area (Å²) < 4.78 is 0. The third kappa shape index (κ3) is 8.32. The first kappa shape index (κ1) is 37.3. The lowest BCUT2D eigenvalue weighted by atomic mass is 9.80. The molecule has 2 heteroatoms. The Labute approximate surface area is 339 Å². The van der Waals surface area contributed by atoms with Crippen LogP contribution < -0.4 is 9.80 Å². The van der Waals surface area contributed by atoms with Crippen molar-refractivity contribution in [3.05, 3.63) is 229 Å². The lowest BCUT2D eigenvalue weighted by Crippen LogP contribution is -2.13. The van der Waals surface area contributed by atoms with Gasteiger partial charge in [-0.05, 0) is 126 Å². The van der Waals surface area contributed by atoms with Gasteiger partial charge in [-0.2, -0.15) is 0 Å². The van der Waals surface area contributed by atoms with Gasteiger partial charge in [0.25, 0.3) is 0 Å². The van der Waals surface area contributed by atoms with Crippen LogP contribution in [0.2, 0.25) is 0 Å². The Morgan fingerprint density at radius 2 is 0.596 bits per heavy atom. The molecule has 57 heavy (non-hydrogen) atoms. The molecule has 1 unspecified atom stereocenters. The zero-order valence-corrected chi connectivity index (χ0v) is 33.4. The van der Waals surface area contributed by atoms with E-state index in [-0.39, 0.29) is 5.92 Å². The summed E-state index contributed by atoms with van der Waals surface area (Å²) in [5.74, 6) is 0.716. The van der Waals surface area contributed by atoms with Crippen LogP contribution in [-0.2, 0) is 0 Å². The zero-order valence-electron chi connectivity index (χ0n) is 33.4. The molecule has 0 saturated heterocycles. The van der Waals surface area contributed by atoms with Gasteiger partial charge in [0.1, 0.15) is 0 Å². The second-order valence-electron chi connectivity index (χ2n) is 15.2. The van der Waals surface area contributed by atoms with Crippen LogP contribution in [0.1, 0.15) is 48.4 Å². The predicted molar refractivity (Wildman–Crippen MR) is 244 cm³/mol. The van der Waals surface area contributed by atoms with Gasteiger partial charge in [0.15, 0.2) is 0 Å². The molecule has 1 atom stereocenters. The number of nitrogens with zero attached hydrogens (tertiary/aromatic N) is 2. The SMILES string of the molecule is CCC(C)C(c1ccc(N(c2ccc(C)cc2)c2ccc(-c3ccccc3)cc2)cc1)c1ccc(N(c2ccc(C)cc2)c2ccc(-c3ccccc3)cc2)cc1. The molecule has 0 spiro atoms. The third-order valence-corrected chi connectivity index (χ3v) is 11.3. The maximum absolute atomic E-state index is 2.38. The minimum absolute atomic E-state index is 0.258. The molecular weight excluding hydrogens is 689 g/mol. The average Bonchev–Trinajstić information content (AvgIpc) is 3.27. The van der Waals surface area contributed by atoms with Gasteiger partial charge in [-0.25, -0.2) is 0 Å². The minimum atomic E-state index is 0.258. The summed E-state index contributed by atoms with van der Waals surface area (Å²) in [6.07, 6.45) is 1.08. The smallest absolute Gasteiger partial charge is 0.0462 e. The van der Waals surface area contributed by atoms with E-state index in [1.807, 2.05) is 0 Å². The molecule has 0 amide bonds. The van der Waals surface area contributed by atoms with E-state index in [0.717, 1.165) is 40.5 Å². The first-order valence-corrected chi connectivity index (χ1v) is 20.2. The molecule has 8 aromatic rings. The summed E-state index contributed by atoms with van der Waals surface area (Å²) in [4.78, 5) is 4.72.